The molecule has 0 aromatic heterocycles. The Bertz CT molecular complexity index is 1260. The zero-order valence-corrected chi connectivity index (χ0v) is 42.3. The average Bonchev–Trinajstić information content (AvgIpc) is 3.38. The molecule has 6 heteroatoms. The zero-order valence-electron chi connectivity index (χ0n) is 42.3. The summed E-state index contributed by atoms with van der Waals surface area (Å²) < 4.78 is 32.3. The quantitative estimate of drug-likeness (QED) is 0.114. The fourth-order valence-electron chi connectivity index (χ4n) is 3.60. The first-order valence-corrected chi connectivity index (χ1v) is 23.2. The molecule has 0 atom stereocenters. The minimum absolute atomic E-state index is 0.230. The van der Waals surface area contributed by atoms with Gasteiger partial charge >= 0.3 is 0 Å². The van der Waals surface area contributed by atoms with Gasteiger partial charge in [0.1, 0.15) is 34.5 Å². The summed E-state index contributed by atoms with van der Waals surface area (Å²) in [5.74, 6) is 4.88. The van der Waals surface area contributed by atoms with Crippen molar-refractivity contribution in [3.8, 4) is 34.5 Å². The van der Waals surface area contributed by atoms with Crippen LogP contribution in [0.15, 0.2) is 182 Å². The Kier molecular flexibility index (Phi) is 63.5. The molecule has 0 saturated carbocycles. The maximum Gasteiger partial charge on any atom is 0.230 e. The Morgan fingerprint density at radius 1 is 0.206 bits per heavy atom. The SMILES string of the molecule is CC.CC.CC.CC.CC.CC.CCC.CCC.c1ccc(OCOc2ccccc2)cc1.c1ccc(OCOc2ccccc2)cc1.c1ccc(OCOc2ccccc2)cc1. The Hall–Kier alpha value is -5.88. The van der Waals surface area contributed by atoms with Crippen molar-refractivity contribution < 1.29 is 28.4 Å². The van der Waals surface area contributed by atoms with Gasteiger partial charge in [0, 0.05) is 0 Å². The van der Waals surface area contributed by atoms with Gasteiger partial charge in [-0.1, -0.05) is 233 Å². The van der Waals surface area contributed by atoms with Gasteiger partial charge in [-0.15, -0.1) is 0 Å². The molecule has 0 aliphatic heterocycles. The number of rotatable bonds is 12. The number of para-hydroxylation sites is 6. The van der Waals surface area contributed by atoms with E-state index in [9.17, 15) is 0 Å². The summed E-state index contributed by atoms with van der Waals surface area (Å²) in [7, 11) is 0. The molecule has 0 bridgehead atoms. The largest absolute Gasteiger partial charge is 0.458 e. The third-order valence-electron chi connectivity index (χ3n) is 5.81. The van der Waals surface area contributed by atoms with Crippen molar-refractivity contribution >= 4 is 0 Å². The van der Waals surface area contributed by atoms with Crippen LogP contribution in [0.1, 0.15) is 124 Å². The van der Waals surface area contributed by atoms with E-state index < -0.39 is 0 Å². The van der Waals surface area contributed by atoms with Crippen LogP contribution in [0.25, 0.3) is 0 Å². The van der Waals surface area contributed by atoms with E-state index in [1.54, 1.807) is 0 Å². The van der Waals surface area contributed by atoms with E-state index in [0.29, 0.717) is 0 Å². The predicted octanol–water partition coefficient (Wildman–Crippen LogP) is 18.3. The number of hydrogen-bond donors (Lipinski definition) is 0. The number of benzene rings is 6. The van der Waals surface area contributed by atoms with Crippen LogP contribution < -0.4 is 28.4 Å². The van der Waals surface area contributed by atoms with Gasteiger partial charge in [-0.05, 0) is 72.8 Å². The van der Waals surface area contributed by atoms with E-state index in [1.165, 1.54) is 12.8 Å². The van der Waals surface area contributed by atoms with E-state index in [1.807, 2.05) is 265 Å². The summed E-state index contributed by atoms with van der Waals surface area (Å²) in [5.41, 5.74) is 0. The molecule has 0 spiro atoms. The first-order chi connectivity index (χ1) is 31.2. The summed E-state index contributed by atoms with van der Waals surface area (Å²) >= 11 is 0. The summed E-state index contributed by atoms with van der Waals surface area (Å²) in [5, 5.41) is 0. The topological polar surface area (TPSA) is 55.4 Å². The minimum Gasteiger partial charge on any atom is -0.458 e. The smallest absolute Gasteiger partial charge is 0.230 e. The van der Waals surface area contributed by atoms with Crippen molar-refractivity contribution in [1.82, 2.24) is 0 Å². The average molecular weight is 869 g/mol. The predicted molar refractivity (Wildman–Crippen MR) is 277 cm³/mol. The molecule has 6 nitrogen and oxygen atoms in total. The third kappa shape index (κ3) is 45.5. The molecule has 352 valence electrons. The first-order valence-electron chi connectivity index (χ1n) is 23.2. The summed E-state index contributed by atoms with van der Waals surface area (Å²) in [6.07, 6.45) is 2.50. The maximum absolute atomic E-state index is 5.39. The first kappa shape index (κ1) is 66.2. The van der Waals surface area contributed by atoms with Crippen molar-refractivity contribution in [2.45, 2.75) is 124 Å². The fourth-order valence-corrected chi connectivity index (χ4v) is 3.60. The highest BCUT2D eigenvalue weighted by Crippen LogP contribution is 2.14. The molecule has 6 rings (SSSR count). The monoisotopic (exact) mass is 869 g/mol. The van der Waals surface area contributed by atoms with Gasteiger partial charge < -0.3 is 28.4 Å². The maximum atomic E-state index is 5.39. The van der Waals surface area contributed by atoms with Gasteiger partial charge in [-0.2, -0.15) is 0 Å². The molecule has 0 N–H and O–H groups in total. The Labute approximate surface area is 387 Å². The molecule has 6 aromatic carbocycles. The van der Waals surface area contributed by atoms with Gasteiger partial charge in [0.05, 0.1) is 0 Å². The number of hydrogen-bond acceptors (Lipinski definition) is 6. The number of ether oxygens (including phenoxy) is 6. The summed E-state index contributed by atoms with van der Waals surface area (Å²) in [6.45, 7) is 33.2. The van der Waals surface area contributed by atoms with Gasteiger partial charge in [-0.3, -0.25) is 0 Å². The van der Waals surface area contributed by atoms with Crippen molar-refractivity contribution in [3.63, 3.8) is 0 Å². The van der Waals surface area contributed by atoms with Crippen molar-refractivity contribution in [2.24, 2.45) is 0 Å². The molecule has 6 aromatic rings. The van der Waals surface area contributed by atoms with Crippen LogP contribution in [-0.2, 0) is 0 Å². The van der Waals surface area contributed by atoms with E-state index in [4.69, 9.17) is 28.4 Å². The third-order valence-corrected chi connectivity index (χ3v) is 5.81. The molecule has 63 heavy (non-hydrogen) atoms. The lowest BCUT2D eigenvalue weighted by atomic mass is 10.3. The lowest BCUT2D eigenvalue weighted by molar-refractivity contribution is 0.119. The molecule has 0 heterocycles. The van der Waals surface area contributed by atoms with Crippen molar-refractivity contribution in [3.05, 3.63) is 182 Å². The second-order valence-electron chi connectivity index (χ2n) is 10.5. The molecule has 0 aliphatic rings. The molecule has 0 saturated heterocycles. The van der Waals surface area contributed by atoms with Crippen LogP contribution in [0.2, 0.25) is 0 Å². The van der Waals surface area contributed by atoms with Crippen LogP contribution in [-0.4, -0.2) is 20.4 Å². The van der Waals surface area contributed by atoms with E-state index in [-0.39, 0.29) is 20.4 Å². The van der Waals surface area contributed by atoms with Crippen LogP contribution in [0.4, 0.5) is 0 Å². The minimum atomic E-state index is 0.230. The van der Waals surface area contributed by atoms with Gasteiger partial charge in [0.2, 0.25) is 20.4 Å². The highest BCUT2D eigenvalue weighted by Gasteiger charge is 1.95. The Morgan fingerprint density at radius 3 is 0.397 bits per heavy atom. The van der Waals surface area contributed by atoms with E-state index in [2.05, 4.69) is 27.7 Å². The highest BCUT2D eigenvalue weighted by atomic mass is 16.7. The molecular weight excluding hydrogens is 781 g/mol. The van der Waals surface area contributed by atoms with Crippen LogP contribution in [0, 0.1) is 0 Å². The molecule has 0 unspecified atom stereocenters. The molecule has 0 aliphatic carbocycles. The van der Waals surface area contributed by atoms with Gasteiger partial charge in [0.15, 0.2) is 0 Å². The second-order valence-corrected chi connectivity index (χ2v) is 10.5. The van der Waals surface area contributed by atoms with Crippen LogP contribution >= 0.6 is 0 Å². The second kappa shape index (κ2) is 60.4. The van der Waals surface area contributed by atoms with Crippen molar-refractivity contribution in [1.29, 1.82) is 0 Å². The van der Waals surface area contributed by atoms with E-state index in [0.717, 1.165) is 34.5 Å². The Balaban J connectivity index is -0.000000225. The summed E-state index contributed by atoms with van der Waals surface area (Å²) in [6, 6.07) is 57.6. The van der Waals surface area contributed by atoms with Gasteiger partial charge in [0.25, 0.3) is 0 Å². The molecule has 0 radical (unpaired) electrons. The fraction of sp³-hybridized carbons (Fsp3) is 0.368. The molecule has 0 fully saturated rings. The zero-order chi connectivity index (χ0) is 48.5. The van der Waals surface area contributed by atoms with Crippen molar-refractivity contribution in [2.75, 3.05) is 20.4 Å². The summed E-state index contributed by atoms with van der Waals surface area (Å²) in [4.78, 5) is 0. The molecular formula is C57H88O6. The normalized spacial score (nSPS) is 8.00. The molecule has 0 amide bonds. The lowest BCUT2D eigenvalue weighted by Crippen LogP contribution is -2.05. The van der Waals surface area contributed by atoms with Crippen LogP contribution in [0.3, 0.4) is 0 Å². The lowest BCUT2D eigenvalue weighted by Gasteiger charge is -2.07. The van der Waals surface area contributed by atoms with E-state index >= 15 is 0 Å². The Morgan fingerprint density at radius 2 is 0.302 bits per heavy atom. The standard InChI is InChI=1S/3C13H12O2.2C3H8.6C2H6/c3*1-3-7-12(8-4-1)14-11-15-13-9-5-2-6-10-13;2*1-3-2;6*1-2/h3*1-10H,11H2;2*3H2,1-2H3;6*1-2H3. The van der Waals surface area contributed by atoms with Gasteiger partial charge in [-0.25, -0.2) is 0 Å². The van der Waals surface area contributed by atoms with Crippen LogP contribution in [0.5, 0.6) is 34.5 Å². The highest BCUT2D eigenvalue weighted by molar-refractivity contribution is 5.25.